The maximum Gasteiger partial charge on any atom is 0.0655 e. The standard InChI is InChI=1S/C11H24O2S/c1-3-5-6-7-8-11(12)10-14(13)9-4-2/h11-12H,3-10H2,1-2H3. The first-order valence-electron chi connectivity index (χ1n) is 5.73. The van der Waals surface area contributed by atoms with E-state index in [-0.39, 0.29) is 6.10 Å². The summed E-state index contributed by atoms with van der Waals surface area (Å²) in [7, 11) is -0.807. The average molecular weight is 220 g/mol. The van der Waals surface area contributed by atoms with Gasteiger partial charge in [-0.2, -0.15) is 0 Å². The average Bonchev–Trinajstić information content (AvgIpc) is 2.13. The van der Waals surface area contributed by atoms with Crippen LogP contribution in [0.1, 0.15) is 52.4 Å². The van der Waals surface area contributed by atoms with Crippen molar-refractivity contribution in [1.82, 2.24) is 0 Å². The Balaban J connectivity index is 3.35. The molecule has 0 amide bonds. The van der Waals surface area contributed by atoms with E-state index in [0.29, 0.717) is 5.75 Å². The first-order valence-corrected chi connectivity index (χ1v) is 7.22. The minimum atomic E-state index is -0.807. The molecule has 0 aromatic heterocycles. The van der Waals surface area contributed by atoms with Crippen molar-refractivity contribution in [2.24, 2.45) is 0 Å². The van der Waals surface area contributed by atoms with Crippen LogP contribution in [0.3, 0.4) is 0 Å². The van der Waals surface area contributed by atoms with Crippen molar-refractivity contribution in [1.29, 1.82) is 0 Å². The second-order valence-corrected chi connectivity index (χ2v) is 5.44. The van der Waals surface area contributed by atoms with E-state index in [2.05, 4.69) is 6.92 Å². The molecule has 86 valence electrons. The van der Waals surface area contributed by atoms with E-state index < -0.39 is 10.8 Å². The van der Waals surface area contributed by atoms with Crippen LogP contribution in [0, 0.1) is 0 Å². The van der Waals surface area contributed by atoms with Crippen LogP contribution in [0.5, 0.6) is 0 Å². The molecule has 0 aliphatic rings. The number of aliphatic hydroxyl groups is 1. The van der Waals surface area contributed by atoms with Crippen molar-refractivity contribution < 1.29 is 9.32 Å². The zero-order chi connectivity index (χ0) is 10.8. The van der Waals surface area contributed by atoms with E-state index in [9.17, 15) is 9.32 Å². The highest BCUT2D eigenvalue weighted by Gasteiger charge is 2.07. The molecule has 0 aromatic carbocycles. The molecule has 0 fully saturated rings. The largest absolute Gasteiger partial charge is 0.392 e. The van der Waals surface area contributed by atoms with Crippen LogP contribution < -0.4 is 0 Å². The number of hydrogen-bond acceptors (Lipinski definition) is 2. The molecule has 0 bridgehead atoms. The molecule has 3 heteroatoms. The smallest absolute Gasteiger partial charge is 0.0655 e. The van der Waals surface area contributed by atoms with Gasteiger partial charge in [0.05, 0.1) is 6.10 Å². The second-order valence-electron chi connectivity index (χ2n) is 3.81. The summed E-state index contributed by atoms with van der Waals surface area (Å²) in [5, 5.41) is 9.55. The minimum absolute atomic E-state index is 0.348. The fourth-order valence-electron chi connectivity index (χ4n) is 1.42. The summed E-state index contributed by atoms with van der Waals surface area (Å²) >= 11 is 0. The highest BCUT2D eigenvalue weighted by molar-refractivity contribution is 7.85. The molecular weight excluding hydrogens is 196 g/mol. The van der Waals surface area contributed by atoms with Gasteiger partial charge in [0.15, 0.2) is 0 Å². The van der Waals surface area contributed by atoms with Crippen LogP contribution in [-0.2, 0) is 10.8 Å². The van der Waals surface area contributed by atoms with E-state index in [1.807, 2.05) is 6.92 Å². The lowest BCUT2D eigenvalue weighted by Crippen LogP contribution is -2.18. The van der Waals surface area contributed by atoms with E-state index in [4.69, 9.17) is 0 Å². The summed E-state index contributed by atoms with van der Waals surface area (Å²) in [6.45, 7) is 4.19. The highest BCUT2D eigenvalue weighted by atomic mass is 32.2. The molecule has 0 radical (unpaired) electrons. The Labute approximate surface area is 90.6 Å². The van der Waals surface area contributed by atoms with Crippen LogP contribution in [0.15, 0.2) is 0 Å². The van der Waals surface area contributed by atoms with Gasteiger partial charge >= 0.3 is 0 Å². The Morgan fingerprint density at radius 1 is 1.14 bits per heavy atom. The normalized spacial score (nSPS) is 15.4. The molecule has 2 nitrogen and oxygen atoms in total. The molecule has 0 aliphatic carbocycles. The van der Waals surface area contributed by atoms with Gasteiger partial charge in [-0.3, -0.25) is 4.21 Å². The van der Waals surface area contributed by atoms with Crippen molar-refractivity contribution in [3.63, 3.8) is 0 Å². The number of rotatable bonds is 9. The molecule has 0 aliphatic heterocycles. The van der Waals surface area contributed by atoms with E-state index in [1.54, 1.807) is 0 Å². The van der Waals surface area contributed by atoms with Gasteiger partial charge in [-0.15, -0.1) is 0 Å². The van der Waals surface area contributed by atoms with Gasteiger partial charge in [0.25, 0.3) is 0 Å². The molecule has 0 aromatic rings. The maximum atomic E-state index is 11.3. The summed E-state index contributed by atoms with van der Waals surface area (Å²) < 4.78 is 11.3. The maximum absolute atomic E-state index is 11.3. The molecular formula is C11H24O2S. The van der Waals surface area contributed by atoms with Gasteiger partial charge in [0.1, 0.15) is 0 Å². The van der Waals surface area contributed by atoms with Crippen molar-refractivity contribution in [2.75, 3.05) is 11.5 Å². The third-order valence-electron chi connectivity index (χ3n) is 2.20. The lowest BCUT2D eigenvalue weighted by molar-refractivity contribution is 0.184. The predicted molar refractivity (Wildman–Crippen MR) is 62.9 cm³/mol. The van der Waals surface area contributed by atoms with Gasteiger partial charge in [-0.05, 0) is 12.8 Å². The molecule has 0 spiro atoms. The zero-order valence-corrected chi connectivity index (χ0v) is 10.3. The van der Waals surface area contributed by atoms with Crippen molar-refractivity contribution in [3.05, 3.63) is 0 Å². The van der Waals surface area contributed by atoms with E-state index in [1.165, 1.54) is 19.3 Å². The Kier molecular flexibility index (Phi) is 9.73. The molecule has 0 saturated heterocycles. The molecule has 2 unspecified atom stereocenters. The van der Waals surface area contributed by atoms with Gasteiger partial charge < -0.3 is 5.11 Å². The topological polar surface area (TPSA) is 37.3 Å². The van der Waals surface area contributed by atoms with E-state index >= 15 is 0 Å². The van der Waals surface area contributed by atoms with Crippen molar-refractivity contribution >= 4 is 10.8 Å². The fourth-order valence-corrected chi connectivity index (χ4v) is 2.63. The quantitative estimate of drug-likeness (QED) is 0.606. The fraction of sp³-hybridized carbons (Fsp3) is 1.00. The van der Waals surface area contributed by atoms with Gasteiger partial charge in [0.2, 0.25) is 0 Å². The SMILES string of the molecule is CCCCCCC(O)CS(=O)CCC. The molecule has 0 heterocycles. The lowest BCUT2D eigenvalue weighted by atomic mass is 10.1. The first-order chi connectivity index (χ1) is 6.70. The van der Waals surface area contributed by atoms with Gasteiger partial charge in [0, 0.05) is 22.3 Å². The highest BCUT2D eigenvalue weighted by Crippen LogP contribution is 2.06. The molecule has 1 N–H and O–H groups in total. The van der Waals surface area contributed by atoms with Crippen LogP contribution >= 0.6 is 0 Å². The molecule has 14 heavy (non-hydrogen) atoms. The Morgan fingerprint density at radius 2 is 1.86 bits per heavy atom. The predicted octanol–water partition coefficient (Wildman–Crippen LogP) is 2.48. The molecule has 0 saturated carbocycles. The second kappa shape index (κ2) is 9.66. The first kappa shape index (κ1) is 14.1. The van der Waals surface area contributed by atoms with Crippen LogP contribution in [0.4, 0.5) is 0 Å². The van der Waals surface area contributed by atoms with E-state index in [0.717, 1.165) is 25.0 Å². The summed E-state index contributed by atoms with van der Waals surface area (Å²) in [5.41, 5.74) is 0. The summed E-state index contributed by atoms with van der Waals surface area (Å²) in [6, 6.07) is 0. The summed E-state index contributed by atoms with van der Waals surface area (Å²) in [4.78, 5) is 0. The molecule has 2 atom stereocenters. The summed E-state index contributed by atoms with van der Waals surface area (Å²) in [6.07, 6.45) is 6.12. The Hall–Kier alpha value is 0.110. The van der Waals surface area contributed by atoms with Crippen molar-refractivity contribution in [2.45, 2.75) is 58.5 Å². The number of aliphatic hydroxyl groups excluding tert-OH is 1. The third kappa shape index (κ3) is 8.70. The van der Waals surface area contributed by atoms with Crippen LogP contribution in [0.2, 0.25) is 0 Å². The van der Waals surface area contributed by atoms with Crippen LogP contribution in [0.25, 0.3) is 0 Å². The van der Waals surface area contributed by atoms with Crippen LogP contribution in [-0.4, -0.2) is 26.9 Å². The van der Waals surface area contributed by atoms with Crippen molar-refractivity contribution in [3.8, 4) is 0 Å². The van der Waals surface area contributed by atoms with Gasteiger partial charge in [-0.1, -0.05) is 39.5 Å². The third-order valence-corrected chi connectivity index (χ3v) is 3.82. The monoisotopic (exact) mass is 220 g/mol. The summed E-state index contributed by atoms with van der Waals surface area (Å²) in [5.74, 6) is 1.20. The molecule has 0 rings (SSSR count). The number of unbranched alkanes of at least 4 members (excludes halogenated alkanes) is 3. The van der Waals surface area contributed by atoms with Gasteiger partial charge in [-0.25, -0.2) is 0 Å². The number of hydrogen-bond donors (Lipinski definition) is 1. The Bertz CT molecular complexity index is 148. The zero-order valence-electron chi connectivity index (χ0n) is 9.50. The minimum Gasteiger partial charge on any atom is -0.392 e. The Morgan fingerprint density at radius 3 is 2.43 bits per heavy atom. The lowest BCUT2D eigenvalue weighted by Gasteiger charge is -2.09.